The van der Waals surface area contributed by atoms with Crippen molar-refractivity contribution in [3.05, 3.63) is 75.2 Å². The Bertz CT molecular complexity index is 984. The number of hydrazone groups is 1. The zero-order valence-corrected chi connectivity index (χ0v) is 15.0. The molecule has 1 N–H and O–H groups in total. The third-order valence-corrected chi connectivity index (χ3v) is 4.46. The van der Waals surface area contributed by atoms with Gasteiger partial charge in [-0.15, -0.1) is 0 Å². The Morgan fingerprint density at radius 3 is 2.56 bits per heavy atom. The number of nitro benzene ring substituents is 1. The molecule has 0 aliphatic rings. The summed E-state index contributed by atoms with van der Waals surface area (Å²) in [4.78, 5) is 27.0. The van der Waals surface area contributed by atoms with Gasteiger partial charge in [0.1, 0.15) is 4.88 Å². The number of hydrogen-bond acceptors (Lipinski definition) is 8. The van der Waals surface area contributed by atoms with E-state index in [0.29, 0.717) is 21.3 Å². The van der Waals surface area contributed by atoms with E-state index in [-0.39, 0.29) is 5.69 Å². The van der Waals surface area contributed by atoms with Crippen LogP contribution in [0.2, 0.25) is 0 Å². The first-order valence-corrected chi connectivity index (χ1v) is 8.58. The number of ether oxygens (including phenoxy) is 1. The zero-order chi connectivity index (χ0) is 19.2. The van der Waals surface area contributed by atoms with Crippen molar-refractivity contribution in [2.24, 2.45) is 5.10 Å². The van der Waals surface area contributed by atoms with Crippen LogP contribution in [0.3, 0.4) is 0 Å². The Morgan fingerprint density at radius 2 is 1.93 bits per heavy atom. The Balaban J connectivity index is 1.80. The van der Waals surface area contributed by atoms with Gasteiger partial charge < -0.3 is 4.74 Å². The Hall–Kier alpha value is -3.59. The number of non-ortho nitro benzene ring substituents is 1. The lowest BCUT2D eigenvalue weighted by molar-refractivity contribution is -0.384. The zero-order valence-electron chi connectivity index (χ0n) is 14.2. The number of nitrogens with zero attached hydrogens (tertiary/aromatic N) is 3. The summed E-state index contributed by atoms with van der Waals surface area (Å²) in [6, 6.07) is 15.3. The molecular weight excluding hydrogens is 368 g/mol. The average molecular weight is 382 g/mol. The second-order valence-electron chi connectivity index (χ2n) is 5.27. The summed E-state index contributed by atoms with van der Waals surface area (Å²) < 4.78 is 4.83. The quantitative estimate of drug-likeness (QED) is 0.299. The molecule has 0 bridgehead atoms. The predicted octanol–water partition coefficient (Wildman–Crippen LogP) is 3.95. The third kappa shape index (κ3) is 4.33. The molecule has 1 heterocycles. The fourth-order valence-electron chi connectivity index (χ4n) is 2.23. The number of carbonyl (C=O) groups excluding carboxylic acids is 1. The van der Waals surface area contributed by atoms with Crippen molar-refractivity contribution in [2.75, 3.05) is 12.5 Å². The molecule has 136 valence electrons. The molecule has 2 aromatic carbocycles. The standard InChI is InChI=1S/C18H14N4O4S/c1-26-17(23)16-15(13-5-3-2-4-6-13)20-18(27-16)21-19-11-12-7-9-14(10-8-12)22(24)25/h2-11H,1H3,(H,20,21)/b19-11-. The molecule has 0 unspecified atom stereocenters. The Kier molecular flexibility index (Phi) is 5.53. The first-order valence-electron chi connectivity index (χ1n) is 7.76. The van der Waals surface area contributed by atoms with Gasteiger partial charge in [0.15, 0.2) is 0 Å². The van der Waals surface area contributed by atoms with Crippen molar-refractivity contribution in [1.82, 2.24) is 4.98 Å². The van der Waals surface area contributed by atoms with Crippen molar-refractivity contribution >= 4 is 34.3 Å². The number of benzene rings is 2. The van der Waals surface area contributed by atoms with Crippen LogP contribution in [0.1, 0.15) is 15.2 Å². The maximum Gasteiger partial charge on any atom is 0.350 e. The van der Waals surface area contributed by atoms with E-state index in [1.54, 1.807) is 12.1 Å². The molecule has 0 spiro atoms. The van der Waals surface area contributed by atoms with Crippen molar-refractivity contribution in [3.63, 3.8) is 0 Å². The van der Waals surface area contributed by atoms with E-state index in [2.05, 4.69) is 15.5 Å². The molecule has 0 saturated heterocycles. The monoisotopic (exact) mass is 382 g/mol. The summed E-state index contributed by atoms with van der Waals surface area (Å²) in [5.74, 6) is -0.473. The van der Waals surface area contributed by atoms with Crippen LogP contribution >= 0.6 is 11.3 Å². The van der Waals surface area contributed by atoms with E-state index >= 15 is 0 Å². The van der Waals surface area contributed by atoms with Gasteiger partial charge in [-0.2, -0.15) is 5.10 Å². The van der Waals surface area contributed by atoms with Gasteiger partial charge >= 0.3 is 5.97 Å². The van der Waals surface area contributed by atoms with Crippen molar-refractivity contribution in [2.45, 2.75) is 0 Å². The number of thiazole rings is 1. The number of hydrogen-bond donors (Lipinski definition) is 1. The molecule has 9 heteroatoms. The van der Waals surface area contributed by atoms with Gasteiger partial charge in [0.25, 0.3) is 5.69 Å². The molecule has 0 aliphatic carbocycles. The highest BCUT2D eigenvalue weighted by atomic mass is 32.1. The lowest BCUT2D eigenvalue weighted by Crippen LogP contribution is -2.00. The van der Waals surface area contributed by atoms with Crippen LogP contribution in [0.25, 0.3) is 11.3 Å². The van der Waals surface area contributed by atoms with Crippen molar-refractivity contribution in [1.29, 1.82) is 0 Å². The first kappa shape index (κ1) is 18.2. The molecule has 27 heavy (non-hydrogen) atoms. The molecule has 3 aromatic rings. The summed E-state index contributed by atoms with van der Waals surface area (Å²) >= 11 is 1.13. The Morgan fingerprint density at radius 1 is 1.22 bits per heavy atom. The maximum atomic E-state index is 12.0. The highest BCUT2D eigenvalue weighted by molar-refractivity contribution is 7.17. The van der Waals surface area contributed by atoms with Crippen LogP contribution in [0.4, 0.5) is 10.8 Å². The average Bonchev–Trinajstić information content (AvgIpc) is 3.12. The number of esters is 1. The van der Waals surface area contributed by atoms with Crippen LogP contribution in [-0.2, 0) is 4.74 Å². The van der Waals surface area contributed by atoms with Gasteiger partial charge in [0.05, 0.1) is 23.9 Å². The molecule has 1 aromatic heterocycles. The fourth-order valence-corrected chi connectivity index (χ4v) is 3.09. The first-order chi connectivity index (χ1) is 13.1. The molecule has 0 radical (unpaired) electrons. The number of nitro groups is 1. The maximum absolute atomic E-state index is 12.0. The smallest absolute Gasteiger partial charge is 0.350 e. The molecule has 3 rings (SSSR count). The van der Waals surface area contributed by atoms with Gasteiger partial charge in [0, 0.05) is 17.7 Å². The second-order valence-corrected chi connectivity index (χ2v) is 6.27. The molecule has 0 saturated carbocycles. The normalized spacial score (nSPS) is 10.7. The molecule has 0 fully saturated rings. The minimum atomic E-state index is -0.473. The SMILES string of the molecule is COC(=O)c1sc(N/N=C\c2ccc([N+](=O)[O-])cc2)nc1-c1ccccc1. The molecule has 0 amide bonds. The second kappa shape index (κ2) is 8.19. The van der Waals surface area contributed by atoms with E-state index in [4.69, 9.17) is 4.74 Å². The van der Waals surface area contributed by atoms with Crippen LogP contribution in [0.15, 0.2) is 59.7 Å². The molecule has 8 nitrogen and oxygen atoms in total. The number of rotatable bonds is 6. The van der Waals surface area contributed by atoms with E-state index in [1.165, 1.54) is 25.5 Å². The molecular formula is C18H14N4O4S. The van der Waals surface area contributed by atoms with Crippen LogP contribution in [-0.4, -0.2) is 29.2 Å². The van der Waals surface area contributed by atoms with E-state index < -0.39 is 10.9 Å². The van der Waals surface area contributed by atoms with Crippen molar-refractivity contribution in [3.8, 4) is 11.3 Å². The summed E-state index contributed by atoms with van der Waals surface area (Å²) in [7, 11) is 1.32. The van der Waals surface area contributed by atoms with Crippen molar-refractivity contribution < 1.29 is 14.5 Å². The minimum absolute atomic E-state index is 0.00950. The number of carbonyl (C=O) groups is 1. The number of anilines is 1. The largest absolute Gasteiger partial charge is 0.465 e. The van der Waals surface area contributed by atoms with Crippen LogP contribution < -0.4 is 5.43 Å². The number of nitrogens with one attached hydrogen (secondary N) is 1. The summed E-state index contributed by atoms with van der Waals surface area (Å²) in [6.45, 7) is 0. The van der Waals surface area contributed by atoms with E-state index in [9.17, 15) is 14.9 Å². The predicted molar refractivity (Wildman–Crippen MR) is 103 cm³/mol. The topological polar surface area (TPSA) is 107 Å². The highest BCUT2D eigenvalue weighted by Crippen LogP contribution is 2.31. The van der Waals surface area contributed by atoms with Crippen LogP contribution in [0.5, 0.6) is 0 Å². The molecule has 0 aliphatic heterocycles. The summed E-state index contributed by atoms with van der Waals surface area (Å²) in [5.41, 5.74) is 4.77. The lowest BCUT2D eigenvalue weighted by atomic mass is 10.1. The Labute approximate surface area is 158 Å². The molecule has 0 atom stereocenters. The minimum Gasteiger partial charge on any atom is -0.465 e. The van der Waals surface area contributed by atoms with Gasteiger partial charge in [0.2, 0.25) is 5.13 Å². The van der Waals surface area contributed by atoms with Gasteiger partial charge in [-0.05, 0) is 17.7 Å². The number of methoxy groups -OCH3 is 1. The fraction of sp³-hybridized carbons (Fsp3) is 0.0556. The lowest BCUT2D eigenvalue weighted by Gasteiger charge is -1.99. The third-order valence-electron chi connectivity index (χ3n) is 3.52. The van der Waals surface area contributed by atoms with Crippen LogP contribution in [0, 0.1) is 10.1 Å². The summed E-state index contributed by atoms with van der Waals surface area (Å²) in [6.07, 6.45) is 1.51. The number of aromatic nitrogens is 1. The van der Waals surface area contributed by atoms with E-state index in [1.807, 2.05) is 30.3 Å². The highest BCUT2D eigenvalue weighted by Gasteiger charge is 2.19. The van der Waals surface area contributed by atoms with Gasteiger partial charge in [-0.1, -0.05) is 41.7 Å². The van der Waals surface area contributed by atoms with E-state index in [0.717, 1.165) is 16.9 Å². The van der Waals surface area contributed by atoms with Gasteiger partial charge in [-0.25, -0.2) is 9.78 Å². The van der Waals surface area contributed by atoms with Gasteiger partial charge in [-0.3, -0.25) is 15.5 Å². The summed E-state index contributed by atoms with van der Waals surface area (Å²) in [5, 5.41) is 15.2.